The summed E-state index contributed by atoms with van der Waals surface area (Å²) in [7, 11) is 0. The van der Waals surface area contributed by atoms with E-state index >= 15 is 0 Å². The first-order chi connectivity index (χ1) is 31.0. The van der Waals surface area contributed by atoms with Crippen LogP contribution in [-0.2, 0) is 10.8 Å². The lowest BCUT2D eigenvalue weighted by Crippen LogP contribution is -2.28. The van der Waals surface area contributed by atoms with Crippen LogP contribution in [0.5, 0.6) is 0 Å². The maximum absolute atomic E-state index is 2.45. The Morgan fingerprint density at radius 3 is 1.60 bits per heavy atom. The van der Waals surface area contributed by atoms with E-state index in [-0.39, 0.29) is 5.41 Å². The van der Waals surface area contributed by atoms with Crippen molar-refractivity contribution >= 4 is 27.8 Å². The van der Waals surface area contributed by atoms with Crippen LogP contribution in [0.15, 0.2) is 237 Å². The molecule has 0 unspecified atom stereocenters. The Morgan fingerprint density at radius 1 is 0.317 bits per heavy atom. The standard InChI is InChI=1S/C62H45N/c1-61(2)55-28-14-12-26-53(55)60-52(27-17-30-58(60)61)51-25-13-16-31-59(51)63(49-38-34-42-18-9-10-19-44(42)40-49)48-36-32-43(33-37-48)45-35-39-57-54(41-45)50-24-11-15-29-56(50)62(57,46-20-5-3-6-21-46)47-22-7-4-8-23-47/h3-41H,1-2H3. The summed E-state index contributed by atoms with van der Waals surface area (Å²) in [6.45, 7) is 4.72. The molecule has 63 heavy (non-hydrogen) atoms. The highest BCUT2D eigenvalue weighted by Crippen LogP contribution is 2.57. The zero-order valence-corrected chi connectivity index (χ0v) is 35.5. The van der Waals surface area contributed by atoms with Gasteiger partial charge in [-0.1, -0.05) is 214 Å². The monoisotopic (exact) mass is 803 g/mol. The number of anilines is 3. The smallest absolute Gasteiger partial charge is 0.0713 e. The lowest BCUT2D eigenvalue weighted by Gasteiger charge is -2.33. The van der Waals surface area contributed by atoms with Crippen molar-refractivity contribution in [3.63, 3.8) is 0 Å². The summed E-state index contributed by atoms with van der Waals surface area (Å²) >= 11 is 0. The number of benzene rings is 10. The number of para-hydroxylation sites is 1. The van der Waals surface area contributed by atoms with Gasteiger partial charge in [0.25, 0.3) is 0 Å². The highest BCUT2D eigenvalue weighted by atomic mass is 15.1. The first kappa shape index (κ1) is 37.1. The fourth-order valence-corrected chi connectivity index (χ4v) is 11.1. The minimum Gasteiger partial charge on any atom is -0.310 e. The third-order valence-electron chi connectivity index (χ3n) is 14.0. The van der Waals surface area contributed by atoms with Crippen LogP contribution in [0.1, 0.15) is 47.2 Å². The van der Waals surface area contributed by atoms with Crippen LogP contribution >= 0.6 is 0 Å². The SMILES string of the molecule is CC1(C)c2ccccc2-c2c(-c3ccccc3N(c3ccc(-c4ccc5c(c4)-c4ccccc4C5(c4ccccc4)c4ccccc4)cc3)c3ccc4ccccc4c3)cccc21. The molecule has 2 aliphatic rings. The molecule has 0 N–H and O–H groups in total. The first-order valence-corrected chi connectivity index (χ1v) is 22.1. The van der Waals surface area contributed by atoms with Crippen molar-refractivity contribution in [3.8, 4) is 44.5 Å². The Hall–Kier alpha value is -7.74. The van der Waals surface area contributed by atoms with E-state index in [9.17, 15) is 0 Å². The maximum Gasteiger partial charge on any atom is 0.0713 e. The van der Waals surface area contributed by atoms with Gasteiger partial charge in [0.05, 0.1) is 11.1 Å². The first-order valence-electron chi connectivity index (χ1n) is 22.1. The Labute approximate surface area is 370 Å². The fraction of sp³-hybridized carbons (Fsp3) is 0.0645. The summed E-state index contributed by atoms with van der Waals surface area (Å²) in [6, 6.07) is 87.7. The highest BCUT2D eigenvalue weighted by Gasteiger charge is 2.46. The van der Waals surface area contributed by atoms with Crippen LogP contribution < -0.4 is 4.90 Å². The lowest BCUT2D eigenvalue weighted by molar-refractivity contribution is 0.660. The largest absolute Gasteiger partial charge is 0.310 e. The third kappa shape index (κ3) is 5.63. The van der Waals surface area contributed by atoms with Crippen LogP contribution in [0.3, 0.4) is 0 Å². The summed E-state index contributed by atoms with van der Waals surface area (Å²) < 4.78 is 0. The molecule has 0 bridgehead atoms. The van der Waals surface area contributed by atoms with Gasteiger partial charge in [-0.25, -0.2) is 0 Å². The molecule has 0 amide bonds. The molecule has 10 aromatic rings. The molecule has 0 heterocycles. The zero-order valence-electron chi connectivity index (χ0n) is 35.5. The van der Waals surface area contributed by atoms with E-state index in [1.165, 1.54) is 88.7 Å². The Kier molecular flexibility index (Phi) is 8.49. The van der Waals surface area contributed by atoms with Crippen molar-refractivity contribution in [2.45, 2.75) is 24.7 Å². The Bertz CT molecular complexity index is 3320. The van der Waals surface area contributed by atoms with Crippen molar-refractivity contribution in [2.75, 3.05) is 4.90 Å². The summed E-state index contributed by atoms with van der Waals surface area (Å²) in [5.74, 6) is 0. The van der Waals surface area contributed by atoms with Gasteiger partial charge in [0, 0.05) is 22.4 Å². The van der Waals surface area contributed by atoms with Gasteiger partial charge < -0.3 is 4.90 Å². The number of fused-ring (bicyclic) bond motifs is 7. The van der Waals surface area contributed by atoms with E-state index in [0.717, 1.165) is 17.1 Å². The summed E-state index contributed by atoms with van der Waals surface area (Å²) in [5.41, 5.74) is 20.9. The van der Waals surface area contributed by atoms with E-state index in [1.54, 1.807) is 0 Å². The van der Waals surface area contributed by atoms with Gasteiger partial charge >= 0.3 is 0 Å². The molecule has 1 heteroatoms. The van der Waals surface area contributed by atoms with Gasteiger partial charge in [-0.15, -0.1) is 0 Å². The van der Waals surface area contributed by atoms with Gasteiger partial charge in [-0.2, -0.15) is 0 Å². The number of rotatable bonds is 7. The summed E-state index contributed by atoms with van der Waals surface area (Å²) in [5, 5.41) is 2.44. The summed E-state index contributed by atoms with van der Waals surface area (Å²) in [6.07, 6.45) is 0. The van der Waals surface area contributed by atoms with Crippen LogP contribution in [0.4, 0.5) is 17.1 Å². The molecule has 0 fully saturated rings. The number of hydrogen-bond donors (Lipinski definition) is 0. The molecule has 298 valence electrons. The van der Waals surface area contributed by atoms with Crippen molar-refractivity contribution in [1.29, 1.82) is 0 Å². The minimum atomic E-state index is -0.415. The second-order valence-electron chi connectivity index (χ2n) is 17.6. The van der Waals surface area contributed by atoms with Crippen molar-refractivity contribution in [2.24, 2.45) is 0 Å². The van der Waals surface area contributed by atoms with Crippen LogP contribution in [-0.4, -0.2) is 0 Å². The fourth-order valence-electron chi connectivity index (χ4n) is 11.1. The minimum absolute atomic E-state index is 0.0883. The molecule has 0 aliphatic heterocycles. The number of nitrogens with zero attached hydrogens (tertiary/aromatic N) is 1. The molecule has 0 saturated heterocycles. The quantitative estimate of drug-likeness (QED) is 0.155. The molecule has 1 nitrogen and oxygen atoms in total. The average Bonchev–Trinajstić information content (AvgIpc) is 3.78. The predicted molar refractivity (Wildman–Crippen MR) is 264 cm³/mol. The predicted octanol–water partition coefficient (Wildman–Crippen LogP) is 16.3. The second kappa shape index (κ2) is 14.4. The van der Waals surface area contributed by atoms with E-state index in [0.29, 0.717) is 0 Å². The van der Waals surface area contributed by atoms with E-state index in [4.69, 9.17) is 0 Å². The van der Waals surface area contributed by atoms with Crippen molar-refractivity contribution in [1.82, 2.24) is 0 Å². The maximum atomic E-state index is 2.45. The van der Waals surface area contributed by atoms with Gasteiger partial charge in [-0.05, 0) is 119 Å². The lowest BCUT2D eigenvalue weighted by atomic mass is 9.67. The Morgan fingerprint density at radius 2 is 0.857 bits per heavy atom. The van der Waals surface area contributed by atoms with Crippen LogP contribution in [0.2, 0.25) is 0 Å². The van der Waals surface area contributed by atoms with Gasteiger partial charge in [0.2, 0.25) is 0 Å². The van der Waals surface area contributed by atoms with Gasteiger partial charge in [0.1, 0.15) is 0 Å². The topological polar surface area (TPSA) is 3.24 Å². The highest BCUT2D eigenvalue weighted by molar-refractivity contribution is 5.99. The molecule has 0 saturated carbocycles. The average molecular weight is 804 g/mol. The second-order valence-corrected chi connectivity index (χ2v) is 17.6. The molecular formula is C62H45N. The van der Waals surface area contributed by atoms with Crippen LogP contribution in [0, 0.1) is 0 Å². The zero-order chi connectivity index (χ0) is 42.1. The van der Waals surface area contributed by atoms with Gasteiger partial charge in [-0.3, -0.25) is 0 Å². The third-order valence-corrected chi connectivity index (χ3v) is 14.0. The van der Waals surface area contributed by atoms with Crippen molar-refractivity contribution < 1.29 is 0 Å². The van der Waals surface area contributed by atoms with E-state index in [2.05, 4.69) is 255 Å². The van der Waals surface area contributed by atoms with E-state index in [1.807, 2.05) is 0 Å². The molecule has 0 atom stereocenters. The van der Waals surface area contributed by atoms with Crippen molar-refractivity contribution in [3.05, 3.63) is 270 Å². The Balaban J connectivity index is 1.01. The molecular weight excluding hydrogens is 759 g/mol. The van der Waals surface area contributed by atoms with Gasteiger partial charge in [0.15, 0.2) is 0 Å². The molecule has 0 aromatic heterocycles. The molecule has 10 aromatic carbocycles. The number of hydrogen-bond acceptors (Lipinski definition) is 1. The van der Waals surface area contributed by atoms with Crippen LogP contribution in [0.25, 0.3) is 55.3 Å². The summed E-state index contributed by atoms with van der Waals surface area (Å²) in [4.78, 5) is 2.45. The molecule has 12 rings (SSSR count). The molecule has 0 spiro atoms. The molecule has 2 aliphatic carbocycles. The normalized spacial score (nSPS) is 13.8. The molecule has 0 radical (unpaired) electrons. The van der Waals surface area contributed by atoms with E-state index < -0.39 is 5.41 Å².